The first kappa shape index (κ1) is 113. The molecule has 3 aliphatic rings. The molecule has 3 aliphatic heterocycles. The second kappa shape index (κ2) is 54.3. The molecule has 782 valence electrons. The summed E-state index contributed by atoms with van der Waals surface area (Å²) in [6, 6.07) is 15.5. The number of phenols is 4. The van der Waals surface area contributed by atoms with Crippen molar-refractivity contribution in [2.75, 3.05) is 144 Å². The van der Waals surface area contributed by atoms with Crippen LogP contribution in [0.25, 0.3) is 34.2 Å². The minimum Gasteiger partial charge on any atom is -0.508 e. The van der Waals surface area contributed by atoms with E-state index in [4.69, 9.17) is 17.2 Å². The van der Waals surface area contributed by atoms with Crippen LogP contribution >= 0.6 is 0 Å². The highest BCUT2D eigenvalue weighted by Gasteiger charge is 2.38. The van der Waals surface area contributed by atoms with Crippen molar-refractivity contribution < 1.29 is 122 Å². The normalized spacial score (nSPS) is 15.9. The van der Waals surface area contributed by atoms with Crippen molar-refractivity contribution in [3.8, 4) is 57.1 Å². The number of ketones is 3. The van der Waals surface area contributed by atoms with E-state index in [9.17, 15) is 122 Å². The molecule has 3 fully saturated rings. The summed E-state index contributed by atoms with van der Waals surface area (Å²) in [4.78, 5) is 242. The Balaban J connectivity index is 0.867. The Kier molecular flexibility index (Phi) is 42.7. The maximum absolute atomic E-state index is 14.8. The van der Waals surface area contributed by atoms with Gasteiger partial charge in [0.05, 0.1) is 49.3 Å². The van der Waals surface area contributed by atoms with Gasteiger partial charge in [0.1, 0.15) is 34.8 Å². The van der Waals surface area contributed by atoms with Crippen LogP contribution in [0, 0.1) is 17.8 Å². The van der Waals surface area contributed by atoms with E-state index in [0.29, 0.717) is 68.3 Å². The third kappa shape index (κ3) is 33.4. The number of phenolic OH excluding ortho intramolecular Hbond substituents is 4. The number of nitrogens with two attached hydrogens (primary N) is 3. The predicted molar refractivity (Wildman–Crippen MR) is 519 cm³/mol. The Morgan fingerprint density at radius 1 is 0.403 bits per heavy atom. The number of aromatic nitrogens is 6. The molecule has 4 aromatic carbocycles. The number of nitrogens with one attached hydrogen (secondary N) is 5. The largest absolute Gasteiger partial charge is 0.508 e. The number of amides is 10. The Morgan fingerprint density at radius 3 is 1.22 bits per heavy atom. The van der Waals surface area contributed by atoms with Crippen LogP contribution in [0.15, 0.2) is 72.8 Å². The Bertz CT molecular complexity index is 5550. The molecule has 10 amide bonds. The fraction of sp³-hybridized carbons (Fsp3) is 0.536. The van der Waals surface area contributed by atoms with Crippen LogP contribution in [0.5, 0.6) is 23.0 Å². The zero-order valence-electron chi connectivity index (χ0n) is 82.2. The van der Waals surface area contributed by atoms with Gasteiger partial charge < -0.3 is 94.4 Å². The fourth-order valence-corrected chi connectivity index (χ4v) is 17.7. The lowest BCUT2D eigenvalue weighted by atomic mass is 9.90. The lowest BCUT2D eigenvalue weighted by Gasteiger charge is -2.36. The number of rotatable bonds is 52. The monoisotopic (exact) mass is 2010 g/mol. The zero-order valence-corrected chi connectivity index (χ0v) is 82.2. The number of aromatic hydroxyl groups is 4. The molecule has 19 N–H and O–H groups in total. The average Bonchev–Trinajstić information content (AvgIpc) is 1.61. The standard InChI is InChI=1S/C97H134N22O25/c1-8-101-94(140)90-108-106-88(69-47-67(57(3)4)74(121)50-76(69)123)118(90)64-16-10-60(11-17-64)52-110-34-40-116(41-35-110)84(131)49-72(78(125)44-59(7)96(142)117-42-36-111(37-43-117)53-61-12-18-65(19-13-61)119-89(107-109-91(119)95(141)102-9-2)70-48-68(58(5)6)75(122)51-77(70)124)104-83(130)26-27-103-92(138)63(15-24-81(99)128)46-79(126)71(21-25-82(100)129)105-93(139)62(14-23-80(98)127)45-66(120)20-22-73(97(143)144)115-38-32-113(55-86(134)135)30-28-112(54-85(132)133)29-31-114(33-39-115)56-87(136)137/h10-13,16-19,47-48,50-51,57-59,62-63,71-73,121-124H,8-9,14-15,20-46,49,52-56H2,1-7H3,(H2,98,127)(H2,99,128)(H2,100,129)(H,101,140)(H,102,141)(H,103,138)(H,104,130)(H,105,139)(H,132,133)(H,134,135)(H,136,137)(H,143,144)/t59-,62-,63-,71+,72-,73+/m0/s1. The summed E-state index contributed by atoms with van der Waals surface area (Å²) in [5, 5.41) is 114. The Hall–Kier alpha value is -14.3. The molecule has 0 unspecified atom stereocenters. The SMILES string of the molecule is CCNC(=O)c1nnc(-c2cc(C(C)C)c(O)cc2O)n1-c1ccc(CN2CCN(C(=O)C[C@H](NC(=O)CCNC(=O)[C@@H](CCC(N)=O)CC(=O)[C@@H](CCC(N)=O)NC(=O)[C@@H](CCC(N)=O)CC(=O)CC[C@H](C(=O)O)N3CCN(CC(=O)O)CCN(CC(=O)O)CCN(CC(=O)O)CC3)C(=O)C[C@H](C)C(=O)N3CCN(Cc4ccc(-n5c(C(=O)NCC)nnc5-c5cc(C(C)C)c(O)cc5O)cc4)CC3)CC2)cc1. The summed E-state index contributed by atoms with van der Waals surface area (Å²) in [6.07, 6.45) is -6.58. The summed E-state index contributed by atoms with van der Waals surface area (Å²) in [7, 11) is 0. The first-order valence-electron chi connectivity index (χ1n) is 48.3. The summed E-state index contributed by atoms with van der Waals surface area (Å²) in [5.74, 6) is -19.5. The second-order valence-corrected chi connectivity index (χ2v) is 37.1. The van der Waals surface area contributed by atoms with E-state index in [2.05, 4.69) is 56.8 Å². The van der Waals surface area contributed by atoms with Crippen LogP contribution in [0.1, 0.15) is 187 Å². The van der Waals surface area contributed by atoms with Gasteiger partial charge in [-0.1, -0.05) is 58.9 Å². The van der Waals surface area contributed by atoms with E-state index >= 15 is 0 Å². The van der Waals surface area contributed by atoms with Gasteiger partial charge in [0.2, 0.25) is 58.9 Å². The molecule has 0 bridgehead atoms. The van der Waals surface area contributed by atoms with Crippen LogP contribution in [0.4, 0.5) is 0 Å². The van der Waals surface area contributed by atoms with Crippen molar-refractivity contribution in [1.82, 2.24) is 95.3 Å². The number of carboxylic acids is 4. The van der Waals surface area contributed by atoms with E-state index in [1.54, 1.807) is 67.0 Å². The number of aliphatic carboxylic acids is 4. The molecule has 0 saturated carbocycles. The smallest absolute Gasteiger partial charge is 0.320 e. The van der Waals surface area contributed by atoms with Crippen molar-refractivity contribution in [3.05, 3.63) is 107 Å². The highest BCUT2D eigenvalue weighted by molar-refractivity contribution is 5.98. The number of piperazine rings is 2. The minimum atomic E-state index is -1.64. The third-order valence-electron chi connectivity index (χ3n) is 25.6. The highest BCUT2D eigenvalue weighted by Crippen LogP contribution is 2.41. The number of benzene rings is 4. The molecule has 6 atom stereocenters. The van der Waals surface area contributed by atoms with Gasteiger partial charge in [0.15, 0.2) is 23.2 Å². The van der Waals surface area contributed by atoms with Gasteiger partial charge in [0.25, 0.3) is 11.8 Å². The van der Waals surface area contributed by atoms with Crippen LogP contribution in [-0.2, 0) is 85.0 Å². The summed E-state index contributed by atoms with van der Waals surface area (Å²) in [6.45, 7) is 14.2. The molecular weight excluding hydrogens is 1870 g/mol. The number of hydrogen-bond acceptors (Lipinski definition) is 31. The quantitative estimate of drug-likeness (QED) is 0.0252. The van der Waals surface area contributed by atoms with Crippen LogP contribution in [0.3, 0.4) is 0 Å². The highest BCUT2D eigenvalue weighted by atomic mass is 16.4. The van der Waals surface area contributed by atoms with Crippen molar-refractivity contribution in [2.45, 2.75) is 175 Å². The predicted octanol–water partition coefficient (Wildman–Crippen LogP) is 0.857. The van der Waals surface area contributed by atoms with Crippen molar-refractivity contribution in [2.24, 2.45) is 35.0 Å². The molecule has 0 spiro atoms. The fourth-order valence-electron chi connectivity index (χ4n) is 17.7. The van der Waals surface area contributed by atoms with E-state index in [0.717, 1.165) is 11.1 Å². The van der Waals surface area contributed by atoms with Gasteiger partial charge >= 0.3 is 23.9 Å². The van der Waals surface area contributed by atoms with Gasteiger partial charge in [-0.15, -0.1) is 20.4 Å². The maximum atomic E-state index is 14.8. The molecule has 2 aromatic heterocycles. The molecule has 47 nitrogen and oxygen atoms in total. The van der Waals surface area contributed by atoms with Crippen molar-refractivity contribution in [3.63, 3.8) is 0 Å². The molecule has 9 rings (SSSR count). The van der Waals surface area contributed by atoms with Crippen LogP contribution in [-0.4, -0.2) is 372 Å². The van der Waals surface area contributed by atoms with E-state index < -0.39 is 227 Å². The molecule has 3 saturated heterocycles. The molecule has 47 heteroatoms. The van der Waals surface area contributed by atoms with Crippen LogP contribution in [0.2, 0.25) is 0 Å². The van der Waals surface area contributed by atoms with Gasteiger partial charge in [-0.3, -0.25) is 120 Å². The van der Waals surface area contributed by atoms with Gasteiger partial charge in [-0.05, 0) is 110 Å². The summed E-state index contributed by atoms with van der Waals surface area (Å²) in [5.41, 5.74) is 20.8. The maximum Gasteiger partial charge on any atom is 0.320 e. The van der Waals surface area contributed by atoms with Crippen molar-refractivity contribution in [1.29, 1.82) is 0 Å². The summed E-state index contributed by atoms with van der Waals surface area (Å²) < 4.78 is 3.03. The van der Waals surface area contributed by atoms with Gasteiger partial charge in [-0.25, -0.2) is 0 Å². The molecule has 0 radical (unpaired) electrons. The number of carboxylic acid groups (broad SMARTS) is 4. The van der Waals surface area contributed by atoms with Crippen molar-refractivity contribution >= 4 is 100 Å². The minimum absolute atomic E-state index is 0.0256. The van der Waals surface area contributed by atoms with Gasteiger partial charge in [-0.2, -0.15) is 0 Å². The lowest BCUT2D eigenvalue weighted by Crippen LogP contribution is -2.52. The number of hydrogen-bond donors (Lipinski definition) is 16. The molecule has 5 heterocycles. The number of primary amides is 3. The zero-order chi connectivity index (χ0) is 105. The lowest BCUT2D eigenvalue weighted by molar-refractivity contribution is -0.145. The number of carbonyl (C=O) groups excluding carboxylic acids is 13. The first-order chi connectivity index (χ1) is 68.4. The molecule has 6 aromatic rings. The second-order valence-electron chi connectivity index (χ2n) is 37.1. The number of nitrogens with zero attached hydrogens (tertiary/aromatic N) is 14. The average molecular weight is 2010 g/mol. The van der Waals surface area contributed by atoms with E-state index in [1.165, 1.54) is 40.9 Å². The number of Topliss-reactive ketones (excluding diaryl/α,β-unsaturated/α-hetero) is 3. The molecule has 144 heavy (non-hydrogen) atoms. The Labute approximate surface area is 831 Å². The first-order valence-corrected chi connectivity index (χ1v) is 48.3. The third-order valence-corrected chi connectivity index (χ3v) is 25.6. The molecular formula is C97H134N22O25. The number of carbonyl (C=O) groups is 17. The Morgan fingerprint density at radius 2 is 0.806 bits per heavy atom. The van der Waals surface area contributed by atoms with E-state index in [-0.39, 0.29) is 173 Å². The van der Waals surface area contributed by atoms with Crippen LogP contribution < -0.4 is 43.8 Å². The van der Waals surface area contributed by atoms with E-state index in [1.807, 2.05) is 52.0 Å². The molecule has 0 aliphatic carbocycles. The summed E-state index contributed by atoms with van der Waals surface area (Å²) >= 11 is 0. The van der Waals surface area contributed by atoms with Gasteiger partial charge in [0, 0.05) is 230 Å². The topological polar surface area (TPSA) is 678 Å².